The Labute approximate surface area is 157 Å². The Bertz CT molecular complexity index is 1010. The van der Waals surface area contributed by atoms with Crippen molar-refractivity contribution in [2.75, 3.05) is 13.6 Å². The summed E-state index contributed by atoms with van der Waals surface area (Å²) >= 11 is 0. The maximum absolute atomic E-state index is 13.9. The lowest BCUT2D eigenvalue weighted by atomic mass is 10.1. The Hall–Kier alpha value is -3.33. The van der Waals surface area contributed by atoms with Gasteiger partial charge in [0.25, 0.3) is 0 Å². The van der Waals surface area contributed by atoms with Crippen molar-refractivity contribution in [1.82, 2.24) is 15.6 Å². The van der Waals surface area contributed by atoms with Crippen LogP contribution in [0.2, 0.25) is 0 Å². The number of para-hydroxylation sites is 1. The maximum Gasteiger partial charge on any atom is 0.191 e. The molecule has 0 aliphatic carbocycles. The standard InChI is InChI=1S/C21H22FN5/c1-14-4-3-5-18-16(12-26-20(14)18)8-9-25-21(24-2)27-13-17-10-15(11-23)6-7-19(17)22/h3-7,10,12,26H,8-9,13H2,1-2H3,(H2,24,25,27). The molecule has 138 valence electrons. The average molecular weight is 363 g/mol. The number of rotatable bonds is 5. The second-order valence-corrected chi connectivity index (χ2v) is 6.33. The van der Waals surface area contributed by atoms with Crippen molar-refractivity contribution in [2.24, 2.45) is 4.99 Å². The molecule has 0 spiro atoms. The van der Waals surface area contributed by atoms with E-state index in [9.17, 15) is 4.39 Å². The van der Waals surface area contributed by atoms with Crippen molar-refractivity contribution in [2.45, 2.75) is 19.9 Å². The van der Waals surface area contributed by atoms with Crippen LogP contribution in [0.3, 0.4) is 0 Å². The van der Waals surface area contributed by atoms with Gasteiger partial charge in [-0.15, -0.1) is 0 Å². The number of nitrogens with one attached hydrogen (secondary N) is 3. The van der Waals surface area contributed by atoms with E-state index in [-0.39, 0.29) is 12.4 Å². The summed E-state index contributed by atoms with van der Waals surface area (Å²) in [6, 6.07) is 12.6. The van der Waals surface area contributed by atoms with Crippen molar-refractivity contribution in [3.8, 4) is 6.07 Å². The van der Waals surface area contributed by atoms with Crippen LogP contribution in [-0.4, -0.2) is 24.5 Å². The zero-order chi connectivity index (χ0) is 19.2. The molecule has 1 aromatic heterocycles. The number of aliphatic imine (C=N–C) groups is 1. The number of benzene rings is 2. The largest absolute Gasteiger partial charge is 0.361 e. The van der Waals surface area contributed by atoms with Gasteiger partial charge in [-0.05, 0) is 42.7 Å². The first kappa shape index (κ1) is 18.5. The van der Waals surface area contributed by atoms with Gasteiger partial charge in [0.1, 0.15) is 5.82 Å². The molecule has 6 heteroatoms. The van der Waals surface area contributed by atoms with Crippen LogP contribution in [-0.2, 0) is 13.0 Å². The lowest BCUT2D eigenvalue weighted by molar-refractivity contribution is 0.604. The summed E-state index contributed by atoms with van der Waals surface area (Å²) in [5.74, 6) is 0.249. The van der Waals surface area contributed by atoms with Crippen molar-refractivity contribution < 1.29 is 4.39 Å². The third-order valence-electron chi connectivity index (χ3n) is 4.54. The molecule has 2 aromatic carbocycles. The second-order valence-electron chi connectivity index (χ2n) is 6.33. The number of guanidine groups is 1. The van der Waals surface area contributed by atoms with E-state index in [1.807, 2.05) is 12.3 Å². The lowest BCUT2D eigenvalue weighted by Gasteiger charge is -2.12. The van der Waals surface area contributed by atoms with Crippen molar-refractivity contribution in [3.05, 3.63) is 70.7 Å². The van der Waals surface area contributed by atoms with E-state index in [1.54, 1.807) is 13.1 Å². The quantitative estimate of drug-likeness (QED) is 0.480. The zero-order valence-corrected chi connectivity index (χ0v) is 15.4. The molecule has 27 heavy (non-hydrogen) atoms. The molecule has 3 aromatic rings. The molecule has 5 nitrogen and oxygen atoms in total. The number of hydrogen-bond donors (Lipinski definition) is 3. The van der Waals surface area contributed by atoms with Gasteiger partial charge in [0.05, 0.1) is 11.6 Å². The highest BCUT2D eigenvalue weighted by atomic mass is 19.1. The summed E-state index contributed by atoms with van der Waals surface area (Å²) < 4.78 is 13.9. The topological polar surface area (TPSA) is 76.0 Å². The Kier molecular flexibility index (Phi) is 5.72. The van der Waals surface area contributed by atoms with Crippen LogP contribution in [0.15, 0.2) is 47.6 Å². The first-order valence-corrected chi connectivity index (χ1v) is 8.81. The van der Waals surface area contributed by atoms with Gasteiger partial charge in [0.2, 0.25) is 0 Å². The minimum Gasteiger partial charge on any atom is -0.361 e. The third kappa shape index (κ3) is 4.26. The normalized spacial score (nSPS) is 11.4. The zero-order valence-electron chi connectivity index (χ0n) is 15.4. The van der Waals surface area contributed by atoms with Crippen LogP contribution in [0.25, 0.3) is 10.9 Å². The minimum atomic E-state index is -0.342. The van der Waals surface area contributed by atoms with Crippen molar-refractivity contribution in [3.63, 3.8) is 0 Å². The van der Waals surface area contributed by atoms with E-state index in [0.29, 0.717) is 23.6 Å². The van der Waals surface area contributed by atoms with Crippen LogP contribution in [0, 0.1) is 24.1 Å². The lowest BCUT2D eigenvalue weighted by Crippen LogP contribution is -2.38. The number of aryl methyl sites for hydroxylation is 1. The highest BCUT2D eigenvalue weighted by molar-refractivity contribution is 5.86. The Balaban J connectivity index is 1.57. The number of halogens is 1. The first-order chi connectivity index (χ1) is 13.1. The molecule has 0 amide bonds. The predicted octanol–water partition coefficient (Wildman–Crippen LogP) is 3.39. The molecule has 1 heterocycles. The van der Waals surface area contributed by atoms with Crippen LogP contribution in [0.1, 0.15) is 22.3 Å². The van der Waals surface area contributed by atoms with Gasteiger partial charge in [-0.1, -0.05) is 18.2 Å². The van der Waals surface area contributed by atoms with Crippen molar-refractivity contribution >= 4 is 16.9 Å². The van der Waals surface area contributed by atoms with Gasteiger partial charge < -0.3 is 15.6 Å². The molecule has 3 N–H and O–H groups in total. The van der Waals surface area contributed by atoms with E-state index < -0.39 is 0 Å². The molecular formula is C21H22FN5. The molecule has 3 rings (SSSR count). The molecule has 0 atom stereocenters. The monoisotopic (exact) mass is 363 g/mol. The van der Waals surface area contributed by atoms with Crippen LogP contribution >= 0.6 is 0 Å². The molecule has 0 saturated heterocycles. The second kappa shape index (κ2) is 8.37. The molecule has 0 aliphatic heterocycles. The number of nitriles is 1. The summed E-state index contributed by atoms with van der Waals surface area (Å²) in [6.07, 6.45) is 2.88. The summed E-state index contributed by atoms with van der Waals surface area (Å²) in [5, 5.41) is 16.5. The predicted molar refractivity (Wildman–Crippen MR) is 106 cm³/mol. The number of aromatic nitrogens is 1. The van der Waals surface area contributed by atoms with Crippen molar-refractivity contribution in [1.29, 1.82) is 5.26 Å². The molecule has 0 fully saturated rings. The molecule has 0 bridgehead atoms. The molecule has 0 unspecified atom stereocenters. The van der Waals surface area contributed by atoms with Gasteiger partial charge in [0, 0.05) is 42.8 Å². The SMILES string of the molecule is CN=C(NCCc1c[nH]c2c(C)cccc12)NCc1cc(C#N)ccc1F. The Morgan fingerprint density at radius 3 is 2.85 bits per heavy atom. The smallest absolute Gasteiger partial charge is 0.191 e. The number of H-pyrrole nitrogens is 1. The maximum atomic E-state index is 13.9. The number of nitrogens with zero attached hydrogens (tertiary/aromatic N) is 2. The van der Waals surface area contributed by atoms with Crippen LogP contribution < -0.4 is 10.6 Å². The van der Waals surface area contributed by atoms with E-state index in [4.69, 9.17) is 5.26 Å². The summed E-state index contributed by atoms with van der Waals surface area (Å²) in [6.45, 7) is 3.04. The fourth-order valence-corrected chi connectivity index (χ4v) is 3.07. The summed E-state index contributed by atoms with van der Waals surface area (Å²) in [5.41, 5.74) is 4.51. The van der Waals surface area contributed by atoms with Gasteiger partial charge in [-0.25, -0.2) is 4.39 Å². The molecule has 0 aliphatic rings. The van der Waals surface area contributed by atoms with Gasteiger partial charge >= 0.3 is 0 Å². The van der Waals surface area contributed by atoms with Gasteiger partial charge in [0.15, 0.2) is 5.96 Å². The van der Waals surface area contributed by atoms with E-state index >= 15 is 0 Å². The fourth-order valence-electron chi connectivity index (χ4n) is 3.07. The Morgan fingerprint density at radius 2 is 2.07 bits per heavy atom. The van der Waals surface area contributed by atoms with E-state index in [0.717, 1.165) is 6.42 Å². The number of fused-ring (bicyclic) bond motifs is 1. The molecular weight excluding hydrogens is 341 g/mol. The highest BCUT2D eigenvalue weighted by Crippen LogP contribution is 2.21. The number of aromatic amines is 1. The van der Waals surface area contributed by atoms with E-state index in [2.05, 4.69) is 45.7 Å². The highest BCUT2D eigenvalue weighted by Gasteiger charge is 2.07. The van der Waals surface area contributed by atoms with Gasteiger partial charge in [-0.2, -0.15) is 5.26 Å². The van der Waals surface area contributed by atoms with Crippen LogP contribution in [0.5, 0.6) is 0 Å². The summed E-state index contributed by atoms with van der Waals surface area (Å²) in [4.78, 5) is 7.50. The van der Waals surface area contributed by atoms with Gasteiger partial charge in [-0.3, -0.25) is 4.99 Å². The minimum absolute atomic E-state index is 0.257. The summed E-state index contributed by atoms with van der Waals surface area (Å²) in [7, 11) is 1.67. The fraction of sp³-hybridized carbons (Fsp3) is 0.238. The average Bonchev–Trinajstić information content (AvgIpc) is 3.10. The molecule has 0 radical (unpaired) electrons. The number of hydrogen-bond acceptors (Lipinski definition) is 2. The first-order valence-electron chi connectivity index (χ1n) is 8.81. The Morgan fingerprint density at radius 1 is 1.22 bits per heavy atom. The van der Waals surface area contributed by atoms with E-state index in [1.165, 1.54) is 34.2 Å². The van der Waals surface area contributed by atoms with Crippen LogP contribution in [0.4, 0.5) is 4.39 Å². The molecule has 0 saturated carbocycles. The third-order valence-corrected chi connectivity index (χ3v) is 4.54.